The molecule has 158 valence electrons. The first-order chi connectivity index (χ1) is 13.8. The standard InChI is InChI=1S/C21H25F3N2O2S/c22-21(23,24)14-8-9-17-15(11-14)25-20(28)18(29-17)12-19(27)26-10-4-7-16(26)13-5-2-1-3-6-13/h8-9,11,13,16,18H,1-7,10,12H2,(H,25,28)/t16-,18+/m1/s1. The topological polar surface area (TPSA) is 49.4 Å². The highest BCUT2D eigenvalue weighted by Crippen LogP contribution is 2.41. The minimum absolute atomic E-state index is 0.0129. The van der Waals surface area contributed by atoms with Crippen LogP contribution in [0.15, 0.2) is 23.1 Å². The third-order valence-corrected chi connectivity index (χ3v) is 7.58. The molecular formula is C21H25F3N2O2S. The summed E-state index contributed by atoms with van der Waals surface area (Å²) in [6.07, 6.45) is 3.71. The Bertz CT molecular complexity index is 793. The Balaban J connectivity index is 1.43. The summed E-state index contributed by atoms with van der Waals surface area (Å²) in [4.78, 5) is 28.0. The number of alkyl halides is 3. The summed E-state index contributed by atoms with van der Waals surface area (Å²) in [5, 5.41) is 1.95. The van der Waals surface area contributed by atoms with E-state index in [0.29, 0.717) is 10.8 Å². The summed E-state index contributed by atoms with van der Waals surface area (Å²) in [6.45, 7) is 0.741. The Morgan fingerprint density at radius 1 is 1.14 bits per heavy atom. The van der Waals surface area contributed by atoms with Crippen molar-refractivity contribution in [3.63, 3.8) is 0 Å². The Morgan fingerprint density at radius 2 is 1.90 bits per heavy atom. The van der Waals surface area contributed by atoms with Crippen molar-refractivity contribution in [3.05, 3.63) is 23.8 Å². The Labute approximate surface area is 172 Å². The number of nitrogens with one attached hydrogen (secondary N) is 1. The molecule has 2 amide bonds. The van der Waals surface area contributed by atoms with Gasteiger partial charge in [0.1, 0.15) is 0 Å². The maximum absolute atomic E-state index is 13.0. The molecule has 4 rings (SSSR count). The normalized spacial score (nSPS) is 25.6. The molecule has 2 heterocycles. The van der Waals surface area contributed by atoms with E-state index >= 15 is 0 Å². The van der Waals surface area contributed by atoms with Crippen LogP contribution >= 0.6 is 11.8 Å². The fourth-order valence-corrected chi connectivity index (χ4v) is 5.93. The zero-order chi connectivity index (χ0) is 20.6. The molecule has 1 aromatic rings. The van der Waals surface area contributed by atoms with Crippen LogP contribution in [0.25, 0.3) is 0 Å². The highest BCUT2D eigenvalue weighted by Gasteiger charge is 2.38. The number of benzene rings is 1. The van der Waals surface area contributed by atoms with Crippen molar-refractivity contribution >= 4 is 29.3 Å². The predicted molar refractivity (Wildman–Crippen MR) is 106 cm³/mol. The quantitative estimate of drug-likeness (QED) is 0.733. The lowest BCUT2D eigenvalue weighted by Crippen LogP contribution is -2.43. The van der Waals surface area contributed by atoms with E-state index in [1.165, 1.54) is 49.9 Å². The Kier molecular flexibility index (Phi) is 5.82. The van der Waals surface area contributed by atoms with Crippen LogP contribution in [0.1, 0.15) is 56.9 Å². The molecule has 0 aromatic heterocycles. The molecule has 1 saturated carbocycles. The maximum atomic E-state index is 13.0. The van der Waals surface area contributed by atoms with Crippen molar-refractivity contribution < 1.29 is 22.8 Å². The van der Waals surface area contributed by atoms with E-state index in [1.54, 1.807) is 0 Å². The molecule has 2 fully saturated rings. The zero-order valence-corrected chi connectivity index (χ0v) is 17.0. The number of anilines is 1. The number of likely N-dealkylation sites (tertiary alicyclic amines) is 1. The maximum Gasteiger partial charge on any atom is 0.416 e. The van der Waals surface area contributed by atoms with Gasteiger partial charge in [-0.25, -0.2) is 0 Å². The number of hydrogen-bond acceptors (Lipinski definition) is 3. The molecule has 0 unspecified atom stereocenters. The number of nitrogens with zero attached hydrogens (tertiary/aromatic N) is 1. The zero-order valence-electron chi connectivity index (χ0n) is 16.1. The SMILES string of the molecule is O=C1Nc2cc(C(F)(F)F)ccc2S[C@H]1CC(=O)N1CCC[C@@H]1C1CCCCC1. The third-order valence-electron chi connectivity index (χ3n) is 6.30. The van der Waals surface area contributed by atoms with Crippen LogP contribution in [0.5, 0.6) is 0 Å². The van der Waals surface area contributed by atoms with Crippen molar-refractivity contribution in [1.82, 2.24) is 4.90 Å². The fourth-order valence-electron chi connectivity index (χ4n) is 4.85. The summed E-state index contributed by atoms with van der Waals surface area (Å²) in [6, 6.07) is 3.63. The number of fused-ring (bicyclic) bond motifs is 1. The van der Waals surface area contributed by atoms with E-state index in [1.807, 2.05) is 4.90 Å². The van der Waals surface area contributed by atoms with Crippen molar-refractivity contribution in [3.8, 4) is 0 Å². The van der Waals surface area contributed by atoms with Crippen molar-refractivity contribution in [2.45, 2.75) is 73.7 Å². The second kappa shape index (κ2) is 8.20. The first-order valence-corrected chi connectivity index (χ1v) is 11.2. The van der Waals surface area contributed by atoms with E-state index in [9.17, 15) is 22.8 Å². The molecule has 1 N–H and O–H groups in total. The molecule has 2 atom stereocenters. The highest BCUT2D eigenvalue weighted by atomic mass is 32.2. The molecule has 1 aromatic carbocycles. The smallest absolute Gasteiger partial charge is 0.339 e. The lowest BCUT2D eigenvalue weighted by Gasteiger charge is -2.35. The molecule has 1 aliphatic carbocycles. The number of thioether (sulfide) groups is 1. The van der Waals surface area contributed by atoms with Crippen LogP contribution in [-0.4, -0.2) is 34.6 Å². The average Bonchev–Trinajstić information content (AvgIpc) is 3.18. The monoisotopic (exact) mass is 426 g/mol. The second-order valence-electron chi connectivity index (χ2n) is 8.20. The molecule has 0 spiro atoms. The number of halogens is 3. The molecular weight excluding hydrogens is 401 g/mol. The van der Waals surface area contributed by atoms with E-state index in [2.05, 4.69) is 5.32 Å². The molecule has 0 bridgehead atoms. The van der Waals surface area contributed by atoms with Crippen molar-refractivity contribution in [1.29, 1.82) is 0 Å². The summed E-state index contributed by atoms with van der Waals surface area (Å²) in [5.41, 5.74) is -0.626. The first kappa shape index (κ1) is 20.6. The van der Waals surface area contributed by atoms with Crippen LogP contribution in [0.4, 0.5) is 18.9 Å². The van der Waals surface area contributed by atoms with Gasteiger partial charge in [0.15, 0.2) is 0 Å². The van der Waals surface area contributed by atoms with Crippen LogP contribution in [0, 0.1) is 5.92 Å². The van der Waals surface area contributed by atoms with Gasteiger partial charge in [0.2, 0.25) is 11.8 Å². The number of amides is 2. The van der Waals surface area contributed by atoms with Crippen LogP contribution in [0.3, 0.4) is 0 Å². The number of hydrogen-bond donors (Lipinski definition) is 1. The highest BCUT2D eigenvalue weighted by molar-refractivity contribution is 8.01. The first-order valence-electron chi connectivity index (χ1n) is 10.3. The average molecular weight is 427 g/mol. The van der Waals surface area contributed by atoms with Crippen molar-refractivity contribution in [2.75, 3.05) is 11.9 Å². The fraction of sp³-hybridized carbons (Fsp3) is 0.619. The van der Waals surface area contributed by atoms with Gasteiger partial charge in [-0.1, -0.05) is 19.3 Å². The second-order valence-corrected chi connectivity index (χ2v) is 9.45. The van der Waals surface area contributed by atoms with Gasteiger partial charge < -0.3 is 10.2 Å². The third kappa shape index (κ3) is 4.42. The van der Waals surface area contributed by atoms with Gasteiger partial charge in [-0.05, 0) is 49.8 Å². The summed E-state index contributed by atoms with van der Waals surface area (Å²) in [5.74, 6) is 0.147. The minimum atomic E-state index is -4.46. The molecule has 4 nitrogen and oxygen atoms in total. The van der Waals surface area contributed by atoms with Gasteiger partial charge in [0, 0.05) is 23.9 Å². The molecule has 0 radical (unpaired) electrons. The number of carbonyl (C=O) groups excluding carboxylic acids is 2. The minimum Gasteiger partial charge on any atom is -0.339 e. The molecule has 29 heavy (non-hydrogen) atoms. The van der Waals surface area contributed by atoms with Crippen LogP contribution in [0.2, 0.25) is 0 Å². The summed E-state index contributed by atoms with van der Waals surface area (Å²) in [7, 11) is 0. The van der Waals surface area contributed by atoms with Gasteiger partial charge in [-0.15, -0.1) is 11.8 Å². The van der Waals surface area contributed by atoms with Crippen LogP contribution < -0.4 is 5.32 Å². The van der Waals surface area contributed by atoms with E-state index in [-0.39, 0.29) is 24.1 Å². The number of rotatable bonds is 3. The largest absolute Gasteiger partial charge is 0.416 e. The van der Waals surface area contributed by atoms with Gasteiger partial charge in [0.05, 0.1) is 16.5 Å². The van der Waals surface area contributed by atoms with Gasteiger partial charge in [-0.3, -0.25) is 9.59 Å². The van der Waals surface area contributed by atoms with Gasteiger partial charge in [0.25, 0.3) is 0 Å². The van der Waals surface area contributed by atoms with Gasteiger partial charge in [-0.2, -0.15) is 13.2 Å². The van der Waals surface area contributed by atoms with Crippen molar-refractivity contribution in [2.24, 2.45) is 5.92 Å². The van der Waals surface area contributed by atoms with E-state index in [0.717, 1.165) is 31.5 Å². The van der Waals surface area contributed by atoms with Crippen LogP contribution in [-0.2, 0) is 15.8 Å². The molecule has 3 aliphatic rings. The molecule has 1 saturated heterocycles. The molecule has 8 heteroatoms. The Hall–Kier alpha value is -1.70. The molecule has 2 aliphatic heterocycles. The van der Waals surface area contributed by atoms with E-state index < -0.39 is 22.9 Å². The number of carbonyl (C=O) groups is 2. The lowest BCUT2D eigenvalue weighted by molar-refractivity contribution is -0.137. The Morgan fingerprint density at radius 3 is 2.62 bits per heavy atom. The summed E-state index contributed by atoms with van der Waals surface area (Å²) >= 11 is 1.18. The predicted octanol–water partition coefficient (Wildman–Crippen LogP) is 5.08. The van der Waals surface area contributed by atoms with Gasteiger partial charge >= 0.3 is 6.18 Å². The van der Waals surface area contributed by atoms with E-state index in [4.69, 9.17) is 0 Å². The lowest BCUT2D eigenvalue weighted by atomic mass is 9.83. The summed E-state index contributed by atoms with van der Waals surface area (Å²) < 4.78 is 38.7.